The molecule has 1 aromatic rings. The van der Waals surface area contributed by atoms with E-state index in [0.717, 1.165) is 17.7 Å². The first-order valence-electron chi connectivity index (χ1n) is 5.91. The number of anilines is 1. The van der Waals surface area contributed by atoms with E-state index in [-0.39, 0.29) is 0 Å². The van der Waals surface area contributed by atoms with Gasteiger partial charge in [-0.15, -0.1) is 0 Å². The van der Waals surface area contributed by atoms with Crippen molar-refractivity contribution >= 4 is 5.82 Å². The van der Waals surface area contributed by atoms with Crippen LogP contribution in [0.2, 0.25) is 0 Å². The van der Waals surface area contributed by atoms with Gasteiger partial charge in [-0.3, -0.25) is 4.68 Å². The molecule has 1 heterocycles. The lowest BCUT2D eigenvalue weighted by Gasteiger charge is -2.33. The minimum Gasteiger partial charge on any atom is -0.366 e. The Balaban J connectivity index is 1.94. The largest absolute Gasteiger partial charge is 0.366 e. The van der Waals surface area contributed by atoms with Crippen LogP contribution in [0.25, 0.3) is 0 Å². The Morgan fingerprint density at radius 3 is 2.80 bits per heavy atom. The Labute approximate surface area is 91.9 Å². The Morgan fingerprint density at radius 1 is 1.40 bits per heavy atom. The van der Waals surface area contributed by atoms with Crippen LogP contribution >= 0.6 is 0 Å². The number of hydrogen-bond donors (Lipinski definition) is 1. The van der Waals surface area contributed by atoms with Crippen molar-refractivity contribution in [2.75, 3.05) is 5.32 Å². The first kappa shape index (κ1) is 10.5. The summed E-state index contributed by atoms with van der Waals surface area (Å²) in [6, 6.07) is 2.65. The molecule has 3 unspecified atom stereocenters. The van der Waals surface area contributed by atoms with E-state index in [1.807, 2.05) is 24.0 Å². The summed E-state index contributed by atoms with van der Waals surface area (Å²) in [5, 5.41) is 7.90. The van der Waals surface area contributed by atoms with Gasteiger partial charge in [0.1, 0.15) is 5.82 Å². The number of nitrogens with zero attached hydrogens (tertiary/aromatic N) is 2. The van der Waals surface area contributed by atoms with E-state index in [1.165, 1.54) is 19.3 Å². The van der Waals surface area contributed by atoms with E-state index in [4.69, 9.17) is 0 Å². The molecule has 0 saturated heterocycles. The summed E-state index contributed by atoms with van der Waals surface area (Å²) in [6.07, 6.45) is 5.94. The highest BCUT2D eigenvalue weighted by Crippen LogP contribution is 2.30. The molecular formula is C12H21N3. The summed E-state index contributed by atoms with van der Waals surface area (Å²) in [5.74, 6) is 2.67. The number of hydrogen-bond acceptors (Lipinski definition) is 2. The van der Waals surface area contributed by atoms with E-state index in [2.05, 4.69) is 24.3 Å². The summed E-state index contributed by atoms with van der Waals surface area (Å²) in [6.45, 7) is 4.70. The maximum atomic E-state index is 4.36. The van der Waals surface area contributed by atoms with Gasteiger partial charge in [0, 0.05) is 25.4 Å². The van der Waals surface area contributed by atoms with Crippen LogP contribution in [0.1, 0.15) is 33.1 Å². The number of aryl methyl sites for hydroxylation is 1. The third-order valence-electron chi connectivity index (χ3n) is 3.48. The van der Waals surface area contributed by atoms with Crippen molar-refractivity contribution in [3.8, 4) is 0 Å². The van der Waals surface area contributed by atoms with Gasteiger partial charge >= 0.3 is 0 Å². The monoisotopic (exact) mass is 207 g/mol. The van der Waals surface area contributed by atoms with Crippen molar-refractivity contribution < 1.29 is 0 Å². The maximum Gasteiger partial charge on any atom is 0.148 e. The fourth-order valence-corrected chi connectivity index (χ4v) is 2.56. The Morgan fingerprint density at radius 2 is 2.20 bits per heavy atom. The fourth-order valence-electron chi connectivity index (χ4n) is 2.56. The summed E-state index contributed by atoms with van der Waals surface area (Å²) in [5.41, 5.74) is 0. The van der Waals surface area contributed by atoms with Gasteiger partial charge in [-0.2, -0.15) is 5.10 Å². The van der Waals surface area contributed by atoms with Crippen LogP contribution in [0, 0.1) is 11.8 Å². The maximum absolute atomic E-state index is 4.36. The van der Waals surface area contributed by atoms with Crippen molar-refractivity contribution in [2.24, 2.45) is 18.9 Å². The average Bonchev–Trinajstić information content (AvgIpc) is 2.56. The third-order valence-corrected chi connectivity index (χ3v) is 3.48. The van der Waals surface area contributed by atoms with Gasteiger partial charge in [0.25, 0.3) is 0 Å². The zero-order chi connectivity index (χ0) is 10.8. The van der Waals surface area contributed by atoms with Gasteiger partial charge in [0.2, 0.25) is 0 Å². The second kappa shape index (κ2) is 4.25. The molecule has 0 bridgehead atoms. The topological polar surface area (TPSA) is 29.9 Å². The molecule has 3 heteroatoms. The van der Waals surface area contributed by atoms with Gasteiger partial charge in [-0.25, -0.2) is 0 Å². The molecule has 1 N–H and O–H groups in total. The number of rotatable bonds is 2. The van der Waals surface area contributed by atoms with Gasteiger partial charge in [-0.1, -0.05) is 13.8 Å². The van der Waals surface area contributed by atoms with Crippen LogP contribution in [0.5, 0.6) is 0 Å². The summed E-state index contributed by atoms with van der Waals surface area (Å²) >= 11 is 0. The van der Waals surface area contributed by atoms with Crippen LogP contribution in [-0.2, 0) is 7.05 Å². The SMILES string of the molecule is CC1CCC(Nc2ccn(C)n2)C(C)C1. The molecule has 1 saturated carbocycles. The van der Waals surface area contributed by atoms with E-state index in [9.17, 15) is 0 Å². The van der Waals surface area contributed by atoms with E-state index >= 15 is 0 Å². The van der Waals surface area contributed by atoms with Crippen molar-refractivity contribution in [3.63, 3.8) is 0 Å². The van der Waals surface area contributed by atoms with Crippen LogP contribution in [0.3, 0.4) is 0 Å². The minimum atomic E-state index is 0.607. The predicted molar refractivity (Wildman–Crippen MR) is 62.8 cm³/mol. The second-order valence-corrected chi connectivity index (χ2v) is 5.02. The minimum absolute atomic E-state index is 0.607. The molecule has 2 rings (SSSR count). The van der Waals surface area contributed by atoms with E-state index in [1.54, 1.807) is 0 Å². The molecule has 3 nitrogen and oxygen atoms in total. The summed E-state index contributed by atoms with van der Waals surface area (Å²) in [7, 11) is 1.96. The smallest absolute Gasteiger partial charge is 0.148 e. The lowest BCUT2D eigenvalue weighted by Crippen LogP contribution is -2.33. The van der Waals surface area contributed by atoms with Crippen molar-refractivity contribution in [1.82, 2.24) is 9.78 Å². The molecule has 0 amide bonds. The highest BCUT2D eigenvalue weighted by molar-refractivity contribution is 5.33. The molecule has 15 heavy (non-hydrogen) atoms. The van der Waals surface area contributed by atoms with Crippen molar-refractivity contribution in [3.05, 3.63) is 12.3 Å². The van der Waals surface area contributed by atoms with Crippen LogP contribution in [-0.4, -0.2) is 15.8 Å². The van der Waals surface area contributed by atoms with Crippen molar-refractivity contribution in [1.29, 1.82) is 0 Å². The Bertz CT molecular complexity index is 318. The first-order valence-corrected chi connectivity index (χ1v) is 5.91. The zero-order valence-corrected chi connectivity index (χ0v) is 9.90. The van der Waals surface area contributed by atoms with Crippen LogP contribution < -0.4 is 5.32 Å². The quantitative estimate of drug-likeness (QED) is 0.808. The van der Waals surface area contributed by atoms with E-state index in [0.29, 0.717) is 6.04 Å². The molecule has 1 aliphatic rings. The standard InChI is InChI=1S/C12H21N3/c1-9-4-5-11(10(2)8-9)13-12-6-7-15(3)14-12/h6-7,9-11H,4-5,8H2,1-3H3,(H,13,14). The lowest BCUT2D eigenvalue weighted by atomic mass is 9.80. The highest BCUT2D eigenvalue weighted by atomic mass is 15.3. The van der Waals surface area contributed by atoms with Gasteiger partial charge in [0.05, 0.1) is 0 Å². The average molecular weight is 207 g/mol. The molecule has 0 aromatic carbocycles. The summed E-state index contributed by atoms with van der Waals surface area (Å²) < 4.78 is 1.85. The number of nitrogens with one attached hydrogen (secondary N) is 1. The van der Waals surface area contributed by atoms with Crippen LogP contribution in [0.15, 0.2) is 12.3 Å². The van der Waals surface area contributed by atoms with Crippen molar-refractivity contribution in [2.45, 2.75) is 39.2 Å². The first-order chi connectivity index (χ1) is 7.15. The molecular weight excluding hydrogens is 186 g/mol. The number of aromatic nitrogens is 2. The summed E-state index contributed by atoms with van der Waals surface area (Å²) in [4.78, 5) is 0. The molecule has 0 spiro atoms. The lowest BCUT2D eigenvalue weighted by molar-refractivity contribution is 0.276. The molecule has 1 fully saturated rings. The molecule has 0 aliphatic heterocycles. The fraction of sp³-hybridized carbons (Fsp3) is 0.750. The zero-order valence-electron chi connectivity index (χ0n) is 9.90. The van der Waals surface area contributed by atoms with Gasteiger partial charge < -0.3 is 5.32 Å². The second-order valence-electron chi connectivity index (χ2n) is 5.02. The predicted octanol–water partition coefficient (Wildman–Crippen LogP) is 2.66. The van der Waals surface area contributed by atoms with Gasteiger partial charge in [0.15, 0.2) is 0 Å². The molecule has 3 atom stereocenters. The Kier molecular flexibility index (Phi) is 2.98. The highest BCUT2D eigenvalue weighted by Gasteiger charge is 2.25. The molecule has 0 radical (unpaired) electrons. The molecule has 1 aromatic heterocycles. The van der Waals surface area contributed by atoms with Gasteiger partial charge in [-0.05, 0) is 31.1 Å². The molecule has 84 valence electrons. The molecule has 1 aliphatic carbocycles. The normalized spacial score (nSPS) is 31.5. The third kappa shape index (κ3) is 2.52. The van der Waals surface area contributed by atoms with E-state index < -0.39 is 0 Å². The Hall–Kier alpha value is -0.990. The van der Waals surface area contributed by atoms with Crippen LogP contribution in [0.4, 0.5) is 5.82 Å².